The zero-order chi connectivity index (χ0) is 13.9. The van der Waals surface area contributed by atoms with Gasteiger partial charge in [0.25, 0.3) is 0 Å². The highest BCUT2D eigenvalue weighted by Gasteiger charge is 2.36. The molecule has 0 bridgehead atoms. The smallest absolute Gasteiger partial charge is 0.103 e. The normalized spacial score (nSPS) is 31.4. The molecule has 5 heteroatoms. The number of rotatable bonds is 4. The summed E-state index contributed by atoms with van der Waals surface area (Å²) in [5.41, 5.74) is 0.788. The van der Waals surface area contributed by atoms with Crippen LogP contribution in [0.5, 0.6) is 0 Å². The topological polar surface area (TPSA) is 60.4 Å². The predicted molar refractivity (Wildman–Crippen MR) is 79.9 cm³/mol. The van der Waals surface area contributed by atoms with E-state index in [1.165, 1.54) is 25.7 Å². The molecule has 0 aromatic carbocycles. The lowest BCUT2D eigenvalue weighted by Gasteiger charge is -2.25. The van der Waals surface area contributed by atoms with Gasteiger partial charge in [-0.3, -0.25) is 0 Å². The van der Waals surface area contributed by atoms with Crippen LogP contribution in [-0.2, 0) is 4.74 Å². The molecule has 3 N–H and O–H groups in total. The minimum Gasteiger partial charge on any atom is -0.375 e. The predicted octanol–water partition coefficient (Wildman–Crippen LogP) is 0.930. The average molecular weight is 278 g/mol. The molecule has 1 aliphatic carbocycles. The lowest BCUT2D eigenvalue weighted by Crippen LogP contribution is -2.47. The van der Waals surface area contributed by atoms with Crippen molar-refractivity contribution in [2.24, 2.45) is 5.92 Å². The van der Waals surface area contributed by atoms with Gasteiger partial charge >= 0.3 is 0 Å². The Labute approximate surface area is 121 Å². The number of hydrogen-bond donors (Lipinski definition) is 3. The van der Waals surface area contributed by atoms with Crippen molar-refractivity contribution in [3.05, 3.63) is 11.9 Å². The van der Waals surface area contributed by atoms with Gasteiger partial charge in [-0.15, -0.1) is 0 Å². The molecule has 3 aliphatic rings. The van der Waals surface area contributed by atoms with Gasteiger partial charge in [0.05, 0.1) is 18.8 Å². The van der Waals surface area contributed by atoms with Crippen molar-refractivity contribution < 1.29 is 4.74 Å². The first-order chi connectivity index (χ1) is 9.78. The van der Waals surface area contributed by atoms with Crippen LogP contribution >= 0.6 is 0 Å². The van der Waals surface area contributed by atoms with E-state index in [0.29, 0.717) is 18.1 Å². The molecule has 3 rings (SSSR count). The van der Waals surface area contributed by atoms with Gasteiger partial charge in [-0.05, 0) is 18.9 Å². The first-order valence-electron chi connectivity index (χ1n) is 7.86. The van der Waals surface area contributed by atoms with Gasteiger partial charge in [0, 0.05) is 38.3 Å². The van der Waals surface area contributed by atoms with Crippen LogP contribution in [0.4, 0.5) is 0 Å². The number of nitrogens with one attached hydrogen (secondary N) is 3. The average Bonchev–Trinajstić information content (AvgIpc) is 3.12. The molecule has 0 aromatic heterocycles. The highest BCUT2D eigenvalue weighted by atomic mass is 16.5. The van der Waals surface area contributed by atoms with Crippen LogP contribution in [0.3, 0.4) is 0 Å². The maximum atomic E-state index is 8.30. The zero-order valence-electron chi connectivity index (χ0n) is 12.3. The van der Waals surface area contributed by atoms with Gasteiger partial charge in [0.2, 0.25) is 0 Å². The van der Waals surface area contributed by atoms with Crippen LogP contribution in [0.1, 0.15) is 25.7 Å². The fourth-order valence-corrected chi connectivity index (χ4v) is 3.61. The molecule has 1 saturated carbocycles. The van der Waals surface area contributed by atoms with Crippen molar-refractivity contribution in [3.63, 3.8) is 0 Å². The molecule has 0 radical (unpaired) electrons. The standard InChI is InChI=1S/C15H26N4O/c1-17-15(8-12(16)11-4-2-3-5-11)19-9-13-14(10-19)20-7-6-18-13/h8,11,13-14,16-18H,2-7,9-10H2,1H3/b15-8+,16-12?. The van der Waals surface area contributed by atoms with Crippen molar-refractivity contribution in [3.8, 4) is 0 Å². The number of morpholine rings is 1. The van der Waals surface area contributed by atoms with E-state index in [1.54, 1.807) is 0 Å². The van der Waals surface area contributed by atoms with Crippen LogP contribution in [0.2, 0.25) is 0 Å². The van der Waals surface area contributed by atoms with E-state index in [1.807, 2.05) is 13.1 Å². The highest BCUT2D eigenvalue weighted by Crippen LogP contribution is 2.27. The van der Waals surface area contributed by atoms with Crippen LogP contribution in [0.25, 0.3) is 0 Å². The summed E-state index contributed by atoms with van der Waals surface area (Å²) < 4.78 is 5.82. The summed E-state index contributed by atoms with van der Waals surface area (Å²) in [4.78, 5) is 2.32. The van der Waals surface area contributed by atoms with Gasteiger partial charge < -0.3 is 25.7 Å². The number of hydrogen-bond acceptors (Lipinski definition) is 5. The first-order valence-corrected chi connectivity index (χ1v) is 7.86. The zero-order valence-corrected chi connectivity index (χ0v) is 12.3. The molecule has 2 saturated heterocycles. The third-order valence-corrected chi connectivity index (χ3v) is 4.79. The third-order valence-electron chi connectivity index (χ3n) is 4.79. The summed E-state index contributed by atoms with van der Waals surface area (Å²) in [6.45, 7) is 3.65. The van der Waals surface area contributed by atoms with Crippen molar-refractivity contribution in [1.82, 2.24) is 15.5 Å². The number of nitrogens with zero attached hydrogens (tertiary/aromatic N) is 1. The van der Waals surface area contributed by atoms with E-state index in [9.17, 15) is 0 Å². The van der Waals surface area contributed by atoms with E-state index in [2.05, 4.69) is 15.5 Å². The fraction of sp³-hybridized carbons (Fsp3) is 0.800. The lowest BCUT2D eigenvalue weighted by molar-refractivity contribution is 0.0184. The largest absolute Gasteiger partial charge is 0.375 e. The third kappa shape index (κ3) is 2.83. The van der Waals surface area contributed by atoms with E-state index in [0.717, 1.165) is 37.8 Å². The van der Waals surface area contributed by atoms with Gasteiger partial charge in [0.1, 0.15) is 5.82 Å². The van der Waals surface area contributed by atoms with E-state index >= 15 is 0 Å². The van der Waals surface area contributed by atoms with Gasteiger partial charge in [-0.2, -0.15) is 0 Å². The van der Waals surface area contributed by atoms with Crippen LogP contribution in [0, 0.1) is 11.3 Å². The van der Waals surface area contributed by atoms with Gasteiger partial charge in [-0.25, -0.2) is 0 Å². The molecule has 20 heavy (non-hydrogen) atoms. The second-order valence-electron chi connectivity index (χ2n) is 6.09. The molecule has 3 fully saturated rings. The summed E-state index contributed by atoms with van der Waals surface area (Å²) >= 11 is 0. The van der Waals surface area contributed by atoms with Crippen LogP contribution in [-0.4, -0.2) is 56.0 Å². The number of allylic oxidation sites excluding steroid dienone is 1. The Kier molecular flexibility index (Phi) is 4.27. The van der Waals surface area contributed by atoms with Crippen molar-refractivity contribution in [2.45, 2.75) is 37.8 Å². The molecule has 2 aliphatic heterocycles. The maximum Gasteiger partial charge on any atom is 0.103 e. The molecule has 112 valence electrons. The SMILES string of the molecule is CN/C(=C\C(=N)C1CCCC1)N1CC2NCCOC2C1. The van der Waals surface area contributed by atoms with Gasteiger partial charge in [0.15, 0.2) is 0 Å². The Morgan fingerprint density at radius 2 is 2.15 bits per heavy atom. The molecule has 2 atom stereocenters. The lowest BCUT2D eigenvalue weighted by atomic mass is 10.0. The molecule has 5 nitrogen and oxygen atoms in total. The Morgan fingerprint density at radius 3 is 2.85 bits per heavy atom. The van der Waals surface area contributed by atoms with Crippen LogP contribution < -0.4 is 10.6 Å². The number of fused-ring (bicyclic) bond motifs is 1. The minimum atomic E-state index is 0.293. The van der Waals surface area contributed by atoms with Crippen molar-refractivity contribution in [2.75, 3.05) is 33.3 Å². The molecular weight excluding hydrogens is 252 g/mol. The quantitative estimate of drug-likeness (QED) is 0.670. The summed E-state index contributed by atoms with van der Waals surface area (Å²) in [6, 6.07) is 0.432. The van der Waals surface area contributed by atoms with E-state index in [-0.39, 0.29) is 0 Å². The molecule has 2 heterocycles. The van der Waals surface area contributed by atoms with Crippen molar-refractivity contribution in [1.29, 1.82) is 5.41 Å². The Hall–Kier alpha value is -1.07. The van der Waals surface area contributed by atoms with Crippen LogP contribution in [0.15, 0.2) is 11.9 Å². The second-order valence-corrected chi connectivity index (χ2v) is 6.09. The monoisotopic (exact) mass is 278 g/mol. The molecule has 0 spiro atoms. The Bertz CT molecular complexity index is 375. The Morgan fingerprint density at radius 1 is 1.35 bits per heavy atom. The summed E-state index contributed by atoms with van der Waals surface area (Å²) in [5, 5.41) is 15.1. The highest BCUT2D eigenvalue weighted by molar-refractivity contribution is 5.94. The number of ether oxygens (including phenoxy) is 1. The Balaban J connectivity index is 1.65. The fourth-order valence-electron chi connectivity index (χ4n) is 3.61. The van der Waals surface area contributed by atoms with Crippen molar-refractivity contribution >= 4 is 5.71 Å². The molecule has 2 unspecified atom stereocenters. The van der Waals surface area contributed by atoms with Gasteiger partial charge in [-0.1, -0.05) is 12.8 Å². The summed E-state index contributed by atoms with van der Waals surface area (Å²) in [7, 11) is 1.95. The van der Waals surface area contributed by atoms with E-state index < -0.39 is 0 Å². The molecule has 0 aromatic rings. The molecule has 0 amide bonds. The second kappa shape index (κ2) is 6.14. The number of likely N-dealkylation sites (tertiary alicyclic amines) is 1. The summed E-state index contributed by atoms with van der Waals surface area (Å²) in [6.07, 6.45) is 7.25. The van der Waals surface area contributed by atoms with E-state index in [4.69, 9.17) is 10.1 Å². The first kappa shape index (κ1) is 13.9. The molecular formula is C15H26N4O. The maximum absolute atomic E-state index is 8.30. The minimum absolute atomic E-state index is 0.293. The summed E-state index contributed by atoms with van der Waals surface area (Å²) in [5.74, 6) is 1.54.